The highest BCUT2D eigenvalue weighted by Crippen LogP contribution is 2.27. The number of alkyl halides is 2. The Morgan fingerprint density at radius 2 is 1.87 bits per heavy atom. The number of rotatable bonds is 7. The van der Waals surface area contributed by atoms with Gasteiger partial charge in [-0.05, 0) is 31.2 Å². The van der Waals surface area contributed by atoms with E-state index in [1.165, 1.54) is 29.2 Å². The number of hydrogen-bond donors (Lipinski definition) is 1. The molecule has 1 saturated heterocycles. The Morgan fingerprint density at radius 1 is 1.17 bits per heavy atom. The molecule has 30 heavy (non-hydrogen) atoms. The molecule has 9 heteroatoms. The summed E-state index contributed by atoms with van der Waals surface area (Å²) >= 11 is 0. The fourth-order valence-electron chi connectivity index (χ4n) is 3.05. The number of amides is 2. The topological polar surface area (TPSA) is 84.9 Å². The number of hydrogen-bond acceptors (Lipinski definition) is 5. The van der Waals surface area contributed by atoms with Crippen molar-refractivity contribution in [2.24, 2.45) is 5.92 Å². The Labute approximate surface area is 171 Å². The van der Waals surface area contributed by atoms with Gasteiger partial charge in [0.25, 0.3) is 5.91 Å². The number of para-hydroxylation sites is 2. The summed E-state index contributed by atoms with van der Waals surface area (Å²) in [5.74, 6) is -2.50. The van der Waals surface area contributed by atoms with Gasteiger partial charge in [0.15, 0.2) is 6.61 Å². The summed E-state index contributed by atoms with van der Waals surface area (Å²) in [5, 5.41) is 2.36. The molecule has 7 nitrogen and oxygen atoms in total. The van der Waals surface area contributed by atoms with Gasteiger partial charge in [-0.3, -0.25) is 14.4 Å². The summed E-state index contributed by atoms with van der Waals surface area (Å²) < 4.78 is 34.2. The molecule has 2 aromatic rings. The summed E-state index contributed by atoms with van der Waals surface area (Å²) in [7, 11) is 0. The molecule has 0 aliphatic carbocycles. The second kappa shape index (κ2) is 9.34. The van der Waals surface area contributed by atoms with Crippen LogP contribution < -0.4 is 15.0 Å². The van der Waals surface area contributed by atoms with Gasteiger partial charge in [-0.15, -0.1) is 0 Å². The van der Waals surface area contributed by atoms with Crippen LogP contribution in [0.15, 0.2) is 48.5 Å². The lowest BCUT2D eigenvalue weighted by atomic mass is 10.1. The second-order valence-corrected chi connectivity index (χ2v) is 6.77. The average Bonchev–Trinajstić information content (AvgIpc) is 3.09. The number of esters is 1. The van der Waals surface area contributed by atoms with Crippen LogP contribution in [-0.2, 0) is 19.1 Å². The maximum Gasteiger partial charge on any atom is 0.387 e. The van der Waals surface area contributed by atoms with Crippen LogP contribution in [0.2, 0.25) is 0 Å². The first-order chi connectivity index (χ1) is 14.3. The van der Waals surface area contributed by atoms with Crippen molar-refractivity contribution in [1.29, 1.82) is 0 Å². The van der Waals surface area contributed by atoms with Crippen molar-refractivity contribution in [3.63, 3.8) is 0 Å². The van der Waals surface area contributed by atoms with E-state index in [2.05, 4.69) is 10.1 Å². The van der Waals surface area contributed by atoms with Crippen LogP contribution in [-0.4, -0.2) is 37.5 Å². The van der Waals surface area contributed by atoms with Crippen LogP contribution in [0.3, 0.4) is 0 Å². The monoisotopic (exact) mass is 418 g/mol. The summed E-state index contributed by atoms with van der Waals surface area (Å²) in [4.78, 5) is 38.1. The van der Waals surface area contributed by atoms with Crippen molar-refractivity contribution in [1.82, 2.24) is 0 Å². The molecule has 1 fully saturated rings. The molecule has 3 rings (SSSR count). The van der Waals surface area contributed by atoms with E-state index in [1.807, 2.05) is 19.1 Å². The molecule has 2 amide bonds. The zero-order valence-corrected chi connectivity index (χ0v) is 16.1. The molecule has 1 atom stereocenters. The number of nitrogens with zero attached hydrogens (tertiary/aromatic N) is 1. The number of nitrogens with one attached hydrogen (secondary N) is 1. The SMILES string of the molecule is Cc1ccc(N2C[C@H](C(=O)OCC(=O)Nc3ccccc3OC(F)F)CC2=O)cc1. The molecule has 0 unspecified atom stereocenters. The normalized spacial score (nSPS) is 15.9. The Morgan fingerprint density at radius 3 is 2.57 bits per heavy atom. The molecule has 0 radical (unpaired) electrons. The fourth-order valence-corrected chi connectivity index (χ4v) is 3.05. The van der Waals surface area contributed by atoms with Gasteiger partial charge in [-0.1, -0.05) is 29.8 Å². The van der Waals surface area contributed by atoms with E-state index in [-0.39, 0.29) is 30.3 Å². The lowest BCUT2D eigenvalue weighted by Gasteiger charge is -2.16. The van der Waals surface area contributed by atoms with Crippen LogP contribution in [0.4, 0.5) is 20.2 Å². The third-order valence-corrected chi connectivity index (χ3v) is 4.53. The largest absolute Gasteiger partial charge is 0.455 e. The second-order valence-electron chi connectivity index (χ2n) is 6.77. The predicted molar refractivity (Wildman–Crippen MR) is 104 cm³/mol. The predicted octanol–water partition coefficient (Wildman–Crippen LogP) is 3.13. The highest BCUT2D eigenvalue weighted by Gasteiger charge is 2.36. The van der Waals surface area contributed by atoms with Crippen molar-refractivity contribution in [2.45, 2.75) is 20.0 Å². The van der Waals surface area contributed by atoms with E-state index in [1.54, 1.807) is 12.1 Å². The van der Waals surface area contributed by atoms with Gasteiger partial charge in [0, 0.05) is 18.7 Å². The van der Waals surface area contributed by atoms with Crippen molar-refractivity contribution in [3.8, 4) is 5.75 Å². The number of ether oxygens (including phenoxy) is 2. The zero-order valence-electron chi connectivity index (χ0n) is 16.1. The highest BCUT2D eigenvalue weighted by molar-refractivity contribution is 6.00. The van der Waals surface area contributed by atoms with Gasteiger partial charge in [0.05, 0.1) is 11.6 Å². The minimum Gasteiger partial charge on any atom is -0.455 e. The number of benzene rings is 2. The number of halogens is 2. The van der Waals surface area contributed by atoms with E-state index in [9.17, 15) is 23.2 Å². The summed E-state index contributed by atoms with van der Waals surface area (Å²) in [5.41, 5.74) is 1.77. The third-order valence-electron chi connectivity index (χ3n) is 4.53. The molecule has 0 saturated carbocycles. The lowest BCUT2D eigenvalue weighted by molar-refractivity contribution is -0.151. The maximum atomic E-state index is 12.4. The van der Waals surface area contributed by atoms with Crippen LogP contribution in [0.25, 0.3) is 0 Å². The first-order valence-corrected chi connectivity index (χ1v) is 9.21. The van der Waals surface area contributed by atoms with Gasteiger partial charge in [0.2, 0.25) is 5.91 Å². The Hall–Kier alpha value is -3.49. The van der Waals surface area contributed by atoms with Gasteiger partial charge >= 0.3 is 12.6 Å². The number of aryl methyl sites for hydroxylation is 1. The van der Waals surface area contributed by atoms with E-state index in [0.29, 0.717) is 5.69 Å². The number of carbonyl (C=O) groups excluding carboxylic acids is 3. The molecule has 1 N–H and O–H groups in total. The maximum absolute atomic E-state index is 12.4. The lowest BCUT2D eigenvalue weighted by Crippen LogP contribution is -2.28. The molecule has 0 spiro atoms. The van der Waals surface area contributed by atoms with E-state index in [4.69, 9.17) is 4.74 Å². The minimum absolute atomic E-state index is 0.0145. The van der Waals surface area contributed by atoms with Crippen molar-refractivity contribution < 1.29 is 32.6 Å². The van der Waals surface area contributed by atoms with E-state index in [0.717, 1.165) is 5.56 Å². The van der Waals surface area contributed by atoms with Gasteiger partial charge < -0.3 is 19.7 Å². The van der Waals surface area contributed by atoms with Gasteiger partial charge in [-0.2, -0.15) is 8.78 Å². The van der Waals surface area contributed by atoms with Gasteiger partial charge in [-0.25, -0.2) is 0 Å². The first-order valence-electron chi connectivity index (χ1n) is 9.21. The molecule has 1 aliphatic rings. The average molecular weight is 418 g/mol. The third kappa shape index (κ3) is 5.31. The summed E-state index contributed by atoms with van der Waals surface area (Å²) in [6.07, 6.45) is -0.0145. The number of anilines is 2. The summed E-state index contributed by atoms with van der Waals surface area (Å²) in [6.45, 7) is -1.57. The Balaban J connectivity index is 1.53. The van der Waals surface area contributed by atoms with Crippen LogP contribution >= 0.6 is 0 Å². The minimum atomic E-state index is -3.04. The molecule has 158 valence electrons. The summed E-state index contributed by atoms with van der Waals surface area (Å²) in [6, 6.07) is 13.0. The standard InChI is InChI=1S/C21H20F2N2O5/c1-13-6-8-15(9-7-13)25-11-14(10-19(25)27)20(28)29-12-18(26)24-16-4-2-3-5-17(16)30-21(22)23/h2-9,14,21H,10-12H2,1H3,(H,24,26)/t14-/m1/s1. The molecule has 0 aromatic heterocycles. The molecule has 1 heterocycles. The quantitative estimate of drug-likeness (QED) is 0.699. The Kier molecular flexibility index (Phi) is 6.61. The van der Waals surface area contributed by atoms with Crippen molar-refractivity contribution in [3.05, 3.63) is 54.1 Å². The van der Waals surface area contributed by atoms with Crippen LogP contribution in [0.5, 0.6) is 5.75 Å². The van der Waals surface area contributed by atoms with Crippen molar-refractivity contribution in [2.75, 3.05) is 23.4 Å². The van der Waals surface area contributed by atoms with E-state index < -0.39 is 31.0 Å². The fraction of sp³-hybridized carbons (Fsp3) is 0.286. The Bertz CT molecular complexity index is 933. The smallest absolute Gasteiger partial charge is 0.387 e. The first kappa shape index (κ1) is 21.2. The van der Waals surface area contributed by atoms with Crippen molar-refractivity contribution >= 4 is 29.2 Å². The molecular formula is C21H20F2N2O5. The van der Waals surface area contributed by atoms with Crippen LogP contribution in [0.1, 0.15) is 12.0 Å². The zero-order chi connectivity index (χ0) is 21.7. The van der Waals surface area contributed by atoms with Crippen LogP contribution in [0, 0.1) is 12.8 Å². The molecule has 2 aromatic carbocycles. The molecule has 0 bridgehead atoms. The molecular weight excluding hydrogens is 398 g/mol. The van der Waals surface area contributed by atoms with Gasteiger partial charge in [0.1, 0.15) is 5.75 Å². The van der Waals surface area contributed by atoms with E-state index >= 15 is 0 Å². The highest BCUT2D eigenvalue weighted by atomic mass is 19.3. The number of carbonyl (C=O) groups is 3. The molecule has 1 aliphatic heterocycles.